The lowest BCUT2D eigenvalue weighted by Gasteiger charge is -2.33. The highest BCUT2D eigenvalue weighted by Crippen LogP contribution is 2.48. The smallest absolute Gasteiger partial charge is 0.00982 e. The number of fused-ring (bicyclic) bond motifs is 1. The summed E-state index contributed by atoms with van der Waals surface area (Å²) in [4.78, 5) is 0. The van der Waals surface area contributed by atoms with E-state index >= 15 is 0 Å². The Bertz CT molecular complexity index is 420. The third kappa shape index (κ3) is 2.48. The Morgan fingerprint density at radius 2 is 1.72 bits per heavy atom. The lowest BCUT2D eigenvalue weighted by atomic mass is 9.72. The van der Waals surface area contributed by atoms with E-state index in [1.165, 1.54) is 12.8 Å². The predicted molar refractivity (Wildman–Crippen MR) is 80.1 cm³/mol. The van der Waals surface area contributed by atoms with Crippen molar-refractivity contribution in [3.63, 3.8) is 0 Å². The first-order chi connectivity index (χ1) is 8.22. The molecule has 0 nitrogen and oxygen atoms in total. The minimum absolute atomic E-state index is 0.315. The molecule has 18 heavy (non-hydrogen) atoms. The summed E-state index contributed by atoms with van der Waals surface area (Å²) in [5.74, 6) is 1.49. The van der Waals surface area contributed by atoms with Crippen LogP contribution < -0.4 is 0 Å². The molecule has 100 valence electrons. The largest absolute Gasteiger partial charge is 0.0625 e. The molecule has 1 aliphatic rings. The first-order valence-electron chi connectivity index (χ1n) is 7.31. The van der Waals surface area contributed by atoms with Crippen LogP contribution in [0.2, 0.25) is 0 Å². The molecule has 2 atom stereocenters. The molecule has 2 unspecified atom stereocenters. The van der Waals surface area contributed by atoms with Gasteiger partial charge >= 0.3 is 0 Å². The summed E-state index contributed by atoms with van der Waals surface area (Å²) in [6.07, 6.45) is 2.63. The molecule has 0 saturated carbocycles. The zero-order valence-electron chi connectivity index (χ0n) is 12.9. The molecule has 0 radical (unpaired) electrons. The number of rotatable bonds is 0. The molecule has 0 N–H and O–H groups in total. The van der Waals surface area contributed by atoms with E-state index < -0.39 is 0 Å². The third-order valence-electron chi connectivity index (χ3n) is 4.61. The van der Waals surface area contributed by atoms with Gasteiger partial charge in [0, 0.05) is 0 Å². The molecular formula is C18H28. The van der Waals surface area contributed by atoms with Crippen LogP contribution in [-0.4, -0.2) is 0 Å². The standard InChI is InChI=1S/C18H28/c1-13-11-16(17(2,3)4)14-9-7-8-10-15(14)18(5,6)12-13/h7-10,13,16H,11-12H2,1-6H3. The van der Waals surface area contributed by atoms with E-state index in [4.69, 9.17) is 0 Å². The first kappa shape index (κ1) is 13.6. The minimum atomic E-state index is 0.315. The second-order valence-electron chi connectivity index (χ2n) is 7.93. The highest BCUT2D eigenvalue weighted by atomic mass is 14.4. The van der Waals surface area contributed by atoms with Crippen molar-refractivity contribution in [2.45, 2.75) is 65.7 Å². The Morgan fingerprint density at radius 1 is 1.11 bits per heavy atom. The van der Waals surface area contributed by atoms with Crippen molar-refractivity contribution in [3.05, 3.63) is 35.4 Å². The van der Waals surface area contributed by atoms with Crippen LogP contribution in [0.1, 0.15) is 71.4 Å². The molecule has 0 heterocycles. The molecule has 0 amide bonds. The van der Waals surface area contributed by atoms with E-state index in [0.29, 0.717) is 16.7 Å². The van der Waals surface area contributed by atoms with Crippen molar-refractivity contribution in [2.24, 2.45) is 11.3 Å². The summed E-state index contributed by atoms with van der Waals surface area (Å²) in [5.41, 5.74) is 3.84. The minimum Gasteiger partial charge on any atom is -0.0625 e. The Morgan fingerprint density at radius 3 is 2.33 bits per heavy atom. The third-order valence-corrected chi connectivity index (χ3v) is 4.61. The Balaban J connectivity index is 2.58. The quantitative estimate of drug-likeness (QED) is 0.527. The maximum atomic E-state index is 2.42. The van der Waals surface area contributed by atoms with Crippen molar-refractivity contribution in [1.29, 1.82) is 0 Å². The van der Waals surface area contributed by atoms with Crippen LogP contribution in [-0.2, 0) is 5.41 Å². The van der Waals surface area contributed by atoms with Gasteiger partial charge in [-0.15, -0.1) is 0 Å². The maximum Gasteiger partial charge on any atom is -0.00982 e. The van der Waals surface area contributed by atoms with Gasteiger partial charge in [0.05, 0.1) is 0 Å². The summed E-state index contributed by atoms with van der Waals surface area (Å²) in [7, 11) is 0. The maximum absolute atomic E-state index is 2.42. The molecule has 0 saturated heterocycles. The molecule has 2 rings (SSSR count). The van der Waals surface area contributed by atoms with Gasteiger partial charge in [0.2, 0.25) is 0 Å². The van der Waals surface area contributed by atoms with Gasteiger partial charge in [-0.2, -0.15) is 0 Å². The summed E-state index contributed by atoms with van der Waals surface area (Å²) in [5, 5.41) is 0. The highest BCUT2D eigenvalue weighted by Gasteiger charge is 2.37. The highest BCUT2D eigenvalue weighted by molar-refractivity contribution is 5.38. The fraction of sp³-hybridized carbons (Fsp3) is 0.667. The predicted octanol–water partition coefficient (Wildman–Crippen LogP) is 5.52. The summed E-state index contributed by atoms with van der Waals surface area (Å²) in [6.45, 7) is 14.4. The second-order valence-corrected chi connectivity index (χ2v) is 7.93. The van der Waals surface area contributed by atoms with Crippen molar-refractivity contribution < 1.29 is 0 Å². The normalized spacial score (nSPS) is 27.4. The van der Waals surface area contributed by atoms with Gasteiger partial charge in [-0.25, -0.2) is 0 Å². The average molecular weight is 244 g/mol. The molecule has 0 fully saturated rings. The van der Waals surface area contributed by atoms with Crippen LogP contribution in [0.4, 0.5) is 0 Å². The lowest BCUT2D eigenvalue weighted by molar-refractivity contribution is 0.267. The van der Waals surface area contributed by atoms with Crippen molar-refractivity contribution >= 4 is 0 Å². The fourth-order valence-electron chi connectivity index (χ4n) is 3.83. The van der Waals surface area contributed by atoms with E-state index in [1.807, 2.05) is 0 Å². The monoisotopic (exact) mass is 244 g/mol. The molecule has 0 bridgehead atoms. The number of hydrogen-bond donors (Lipinski definition) is 0. The summed E-state index contributed by atoms with van der Waals surface area (Å²) in [6, 6.07) is 9.14. The van der Waals surface area contributed by atoms with E-state index in [9.17, 15) is 0 Å². The Labute approximate surface area is 113 Å². The van der Waals surface area contributed by atoms with Crippen molar-refractivity contribution in [3.8, 4) is 0 Å². The molecule has 0 spiro atoms. The Hall–Kier alpha value is -0.780. The molecular weight excluding hydrogens is 216 g/mol. The van der Waals surface area contributed by atoms with E-state index in [2.05, 4.69) is 65.8 Å². The molecule has 1 aliphatic carbocycles. The average Bonchev–Trinajstić information content (AvgIpc) is 2.33. The summed E-state index contributed by atoms with van der Waals surface area (Å²) >= 11 is 0. The zero-order chi connectivity index (χ0) is 13.6. The van der Waals surface area contributed by atoms with Crippen LogP contribution in [0, 0.1) is 11.3 Å². The molecule has 1 aromatic rings. The van der Waals surface area contributed by atoms with Gasteiger partial charge < -0.3 is 0 Å². The van der Waals surface area contributed by atoms with E-state index in [1.54, 1.807) is 11.1 Å². The van der Waals surface area contributed by atoms with Gasteiger partial charge in [0.15, 0.2) is 0 Å². The molecule has 0 aromatic heterocycles. The van der Waals surface area contributed by atoms with Crippen LogP contribution >= 0.6 is 0 Å². The lowest BCUT2D eigenvalue weighted by Crippen LogP contribution is -2.21. The van der Waals surface area contributed by atoms with Crippen LogP contribution in [0.25, 0.3) is 0 Å². The SMILES string of the molecule is CC1CC(C(C)(C)C)c2ccccc2C(C)(C)C1. The fourth-order valence-corrected chi connectivity index (χ4v) is 3.83. The van der Waals surface area contributed by atoms with Gasteiger partial charge in [-0.05, 0) is 46.6 Å². The molecule has 0 aliphatic heterocycles. The van der Waals surface area contributed by atoms with Crippen molar-refractivity contribution in [2.75, 3.05) is 0 Å². The van der Waals surface area contributed by atoms with Crippen LogP contribution in [0.3, 0.4) is 0 Å². The number of hydrogen-bond acceptors (Lipinski definition) is 0. The zero-order valence-corrected chi connectivity index (χ0v) is 12.9. The van der Waals surface area contributed by atoms with Crippen LogP contribution in [0.5, 0.6) is 0 Å². The van der Waals surface area contributed by atoms with Crippen LogP contribution in [0.15, 0.2) is 24.3 Å². The van der Waals surface area contributed by atoms with Gasteiger partial charge in [0.25, 0.3) is 0 Å². The van der Waals surface area contributed by atoms with E-state index in [-0.39, 0.29) is 0 Å². The van der Waals surface area contributed by atoms with Gasteiger partial charge in [0.1, 0.15) is 0 Å². The topological polar surface area (TPSA) is 0 Å². The number of benzene rings is 1. The summed E-state index contributed by atoms with van der Waals surface area (Å²) < 4.78 is 0. The van der Waals surface area contributed by atoms with E-state index in [0.717, 1.165) is 5.92 Å². The Kier molecular flexibility index (Phi) is 3.34. The molecule has 1 aromatic carbocycles. The van der Waals surface area contributed by atoms with Crippen molar-refractivity contribution in [1.82, 2.24) is 0 Å². The molecule has 0 heteroatoms. The first-order valence-corrected chi connectivity index (χ1v) is 7.31. The van der Waals surface area contributed by atoms with Gasteiger partial charge in [-0.1, -0.05) is 65.8 Å². The van der Waals surface area contributed by atoms with Gasteiger partial charge in [-0.3, -0.25) is 0 Å². The second kappa shape index (κ2) is 4.40.